The van der Waals surface area contributed by atoms with Crippen molar-refractivity contribution in [3.8, 4) is 0 Å². The Labute approximate surface area is 138 Å². The van der Waals surface area contributed by atoms with Gasteiger partial charge in [0.25, 0.3) is 0 Å². The molecule has 1 fully saturated rings. The Morgan fingerprint density at radius 3 is 2.48 bits per heavy atom. The molecule has 0 spiro atoms. The van der Waals surface area contributed by atoms with E-state index in [9.17, 15) is 4.79 Å². The largest absolute Gasteiger partial charge is 0.312 e. The molecular formula is C20H24N2O. The molecule has 1 N–H and O–H groups in total. The van der Waals surface area contributed by atoms with Crippen LogP contribution < -0.4 is 10.2 Å². The minimum atomic E-state index is 0.243. The number of anilines is 1. The van der Waals surface area contributed by atoms with Gasteiger partial charge in [0.2, 0.25) is 5.91 Å². The lowest BCUT2D eigenvalue weighted by Gasteiger charge is -2.16. The van der Waals surface area contributed by atoms with Crippen LogP contribution in [-0.2, 0) is 11.3 Å². The van der Waals surface area contributed by atoms with Gasteiger partial charge in [-0.25, -0.2) is 0 Å². The van der Waals surface area contributed by atoms with Crippen molar-refractivity contribution in [2.24, 2.45) is 0 Å². The maximum Gasteiger partial charge on any atom is 0.227 e. The van der Waals surface area contributed by atoms with Gasteiger partial charge in [0.05, 0.1) is 0 Å². The first-order valence-electron chi connectivity index (χ1n) is 8.39. The van der Waals surface area contributed by atoms with E-state index in [1.54, 1.807) is 0 Å². The molecule has 0 aliphatic carbocycles. The van der Waals surface area contributed by atoms with E-state index in [0.717, 1.165) is 31.7 Å². The van der Waals surface area contributed by atoms with Crippen molar-refractivity contribution in [1.82, 2.24) is 5.32 Å². The monoisotopic (exact) mass is 308 g/mol. The molecule has 0 aromatic heterocycles. The van der Waals surface area contributed by atoms with E-state index >= 15 is 0 Å². The molecule has 1 atom stereocenters. The molecule has 23 heavy (non-hydrogen) atoms. The summed E-state index contributed by atoms with van der Waals surface area (Å²) in [7, 11) is 0. The van der Waals surface area contributed by atoms with Gasteiger partial charge in [0.1, 0.15) is 0 Å². The Hall–Kier alpha value is -2.13. The number of hydrogen-bond acceptors (Lipinski definition) is 2. The number of rotatable bonds is 6. The fourth-order valence-corrected chi connectivity index (χ4v) is 3.05. The number of nitrogens with one attached hydrogen (secondary N) is 1. The smallest absolute Gasteiger partial charge is 0.227 e. The summed E-state index contributed by atoms with van der Waals surface area (Å²) in [6.45, 7) is 4.90. The molecule has 1 heterocycles. The number of benzene rings is 2. The van der Waals surface area contributed by atoms with Crippen LogP contribution in [0.4, 0.5) is 5.69 Å². The molecule has 3 nitrogen and oxygen atoms in total. The molecule has 2 aromatic carbocycles. The summed E-state index contributed by atoms with van der Waals surface area (Å²) in [5.74, 6) is 0.741. The molecule has 0 bridgehead atoms. The second-order valence-corrected chi connectivity index (χ2v) is 6.26. The lowest BCUT2D eigenvalue weighted by atomic mass is 10.0. The summed E-state index contributed by atoms with van der Waals surface area (Å²) < 4.78 is 0. The van der Waals surface area contributed by atoms with Crippen LogP contribution in [0.3, 0.4) is 0 Å². The number of carbonyl (C=O) groups excluding carboxylic acids is 1. The lowest BCUT2D eigenvalue weighted by molar-refractivity contribution is -0.117. The standard InChI is InChI=1S/C20H24N2O/c1-16(18-6-3-2-4-7-18)14-21-15-17-9-11-19(12-10-17)22-13-5-8-20(22)23/h2-4,6-7,9-12,16,21H,5,8,13-15H2,1H3. The Bertz CT molecular complexity index is 636. The zero-order chi connectivity index (χ0) is 16.1. The van der Waals surface area contributed by atoms with Crippen LogP contribution in [0, 0.1) is 0 Å². The van der Waals surface area contributed by atoms with Crippen molar-refractivity contribution in [3.63, 3.8) is 0 Å². The Balaban J connectivity index is 1.50. The summed E-state index contributed by atoms with van der Waals surface area (Å²) in [5.41, 5.74) is 3.64. The van der Waals surface area contributed by atoms with Crippen molar-refractivity contribution in [1.29, 1.82) is 0 Å². The number of nitrogens with zero attached hydrogens (tertiary/aromatic N) is 1. The van der Waals surface area contributed by atoms with E-state index in [2.05, 4.69) is 66.8 Å². The van der Waals surface area contributed by atoms with Crippen LogP contribution in [0.1, 0.15) is 36.8 Å². The van der Waals surface area contributed by atoms with Gasteiger partial charge in [-0.3, -0.25) is 4.79 Å². The predicted octanol–water partition coefficient (Wildman–Crippen LogP) is 3.71. The van der Waals surface area contributed by atoms with Crippen LogP contribution in [-0.4, -0.2) is 19.0 Å². The van der Waals surface area contributed by atoms with E-state index in [1.807, 2.05) is 4.90 Å². The van der Waals surface area contributed by atoms with Crippen LogP contribution in [0.25, 0.3) is 0 Å². The molecule has 1 amide bonds. The molecule has 3 rings (SSSR count). The fraction of sp³-hybridized carbons (Fsp3) is 0.350. The van der Waals surface area contributed by atoms with Gasteiger partial charge >= 0.3 is 0 Å². The van der Waals surface area contributed by atoms with Gasteiger partial charge in [0.15, 0.2) is 0 Å². The first-order valence-corrected chi connectivity index (χ1v) is 8.39. The second-order valence-electron chi connectivity index (χ2n) is 6.26. The summed E-state index contributed by atoms with van der Waals surface area (Å²) in [6, 6.07) is 18.9. The predicted molar refractivity (Wildman–Crippen MR) is 94.6 cm³/mol. The highest BCUT2D eigenvalue weighted by Gasteiger charge is 2.21. The minimum Gasteiger partial charge on any atom is -0.312 e. The molecule has 1 aliphatic heterocycles. The molecular weight excluding hydrogens is 284 g/mol. The SMILES string of the molecule is CC(CNCc1ccc(N2CCCC2=O)cc1)c1ccccc1. The van der Waals surface area contributed by atoms with E-state index in [-0.39, 0.29) is 5.91 Å². The highest BCUT2D eigenvalue weighted by Crippen LogP contribution is 2.21. The maximum absolute atomic E-state index is 11.8. The van der Waals surface area contributed by atoms with Crippen LogP contribution >= 0.6 is 0 Å². The number of amides is 1. The molecule has 1 aliphatic rings. The van der Waals surface area contributed by atoms with Crippen molar-refractivity contribution >= 4 is 11.6 Å². The average Bonchev–Trinajstić information content (AvgIpc) is 3.02. The molecule has 1 unspecified atom stereocenters. The van der Waals surface area contributed by atoms with Crippen molar-refractivity contribution in [3.05, 3.63) is 65.7 Å². The highest BCUT2D eigenvalue weighted by atomic mass is 16.2. The second kappa shape index (κ2) is 7.42. The summed E-state index contributed by atoms with van der Waals surface area (Å²) in [6.07, 6.45) is 1.65. The first kappa shape index (κ1) is 15.8. The third-order valence-electron chi connectivity index (χ3n) is 4.47. The Morgan fingerprint density at radius 2 is 1.83 bits per heavy atom. The van der Waals surface area contributed by atoms with Crippen molar-refractivity contribution in [2.75, 3.05) is 18.0 Å². The number of hydrogen-bond donors (Lipinski definition) is 1. The third-order valence-corrected chi connectivity index (χ3v) is 4.47. The highest BCUT2D eigenvalue weighted by molar-refractivity contribution is 5.95. The molecule has 120 valence electrons. The van der Waals surface area contributed by atoms with E-state index in [0.29, 0.717) is 12.3 Å². The summed E-state index contributed by atoms with van der Waals surface area (Å²) in [5, 5.41) is 3.52. The molecule has 2 aromatic rings. The van der Waals surface area contributed by atoms with Gasteiger partial charge in [-0.2, -0.15) is 0 Å². The van der Waals surface area contributed by atoms with E-state index in [4.69, 9.17) is 0 Å². The fourth-order valence-electron chi connectivity index (χ4n) is 3.05. The number of carbonyl (C=O) groups is 1. The first-order chi connectivity index (χ1) is 11.2. The zero-order valence-corrected chi connectivity index (χ0v) is 13.7. The van der Waals surface area contributed by atoms with E-state index in [1.165, 1.54) is 11.1 Å². The van der Waals surface area contributed by atoms with Crippen LogP contribution in [0.15, 0.2) is 54.6 Å². The van der Waals surface area contributed by atoms with Crippen molar-refractivity contribution in [2.45, 2.75) is 32.2 Å². The third kappa shape index (κ3) is 3.99. The Kier molecular flexibility index (Phi) is 5.09. The summed E-state index contributed by atoms with van der Waals surface area (Å²) in [4.78, 5) is 13.6. The van der Waals surface area contributed by atoms with Gasteiger partial charge in [0, 0.05) is 31.7 Å². The van der Waals surface area contributed by atoms with Gasteiger partial charge in [-0.15, -0.1) is 0 Å². The summed E-state index contributed by atoms with van der Waals surface area (Å²) >= 11 is 0. The molecule has 1 saturated heterocycles. The lowest BCUT2D eigenvalue weighted by Crippen LogP contribution is -2.23. The topological polar surface area (TPSA) is 32.3 Å². The molecule has 3 heteroatoms. The Morgan fingerprint density at radius 1 is 1.09 bits per heavy atom. The minimum absolute atomic E-state index is 0.243. The van der Waals surface area contributed by atoms with Gasteiger partial charge < -0.3 is 10.2 Å². The van der Waals surface area contributed by atoms with Crippen LogP contribution in [0.2, 0.25) is 0 Å². The van der Waals surface area contributed by atoms with Gasteiger partial charge in [-0.05, 0) is 35.6 Å². The van der Waals surface area contributed by atoms with E-state index < -0.39 is 0 Å². The van der Waals surface area contributed by atoms with Gasteiger partial charge in [-0.1, -0.05) is 49.4 Å². The quantitative estimate of drug-likeness (QED) is 0.882. The maximum atomic E-state index is 11.8. The molecule has 0 saturated carbocycles. The van der Waals surface area contributed by atoms with Crippen molar-refractivity contribution < 1.29 is 4.79 Å². The van der Waals surface area contributed by atoms with Crippen LogP contribution in [0.5, 0.6) is 0 Å². The average molecular weight is 308 g/mol. The zero-order valence-electron chi connectivity index (χ0n) is 13.7. The normalized spacial score (nSPS) is 15.9. The molecule has 0 radical (unpaired) electrons.